The fourth-order valence-corrected chi connectivity index (χ4v) is 0.968. The van der Waals surface area contributed by atoms with Crippen molar-refractivity contribution in [2.45, 2.75) is 19.8 Å². The maximum atomic E-state index is 4.11. The number of nitrogens with zero attached hydrogens (tertiary/aromatic N) is 2. The minimum Gasteiger partial charge on any atom is -0.236 e. The number of rotatable bonds is 3. The summed E-state index contributed by atoms with van der Waals surface area (Å²) in [4.78, 5) is 8.21. The van der Waals surface area contributed by atoms with Crippen LogP contribution in [0.4, 0.5) is 0 Å². The van der Waals surface area contributed by atoms with E-state index >= 15 is 0 Å². The molecule has 0 radical (unpaired) electrons. The van der Waals surface area contributed by atoms with E-state index in [2.05, 4.69) is 38.9 Å². The van der Waals surface area contributed by atoms with Crippen LogP contribution in [0.5, 0.6) is 0 Å². The molecule has 0 unspecified atom stereocenters. The molecular weight excluding hydrogens is 216 g/mol. The van der Waals surface area contributed by atoms with Crippen LogP contribution in [0, 0.1) is 0 Å². The number of unbranched alkanes of at least 4 members (excludes halogenated alkanes) is 1. The Labute approximate surface area is 80.9 Å². The smallest absolute Gasteiger partial charge is 0.151 e. The zero-order valence-corrected chi connectivity index (χ0v) is 8.58. The minimum absolute atomic E-state index is 0.770. The zero-order chi connectivity index (χ0) is 8.81. The Morgan fingerprint density at radius 1 is 1.42 bits per heavy atom. The summed E-state index contributed by atoms with van der Waals surface area (Å²) in [6.07, 6.45) is 9.77. The molecule has 0 atom stereocenters. The van der Waals surface area contributed by atoms with Crippen LogP contribution in [0.25, 0.3) is 6.08 Å². The van der Waals surface area contributed by atoms with Crippen molar-refractivity contribution in [2.75, 3.05) is 0 Å². The third-order valence-corrected chi connectivity index (χ3v) is 1.77. The molecule has 1 aromatic rings. The molecule has 0 saturated heterocycles. The molecule has 1 heterocycles. The summed E-state index contributed by atoms with van der Waals surface area (Å²) in [5.74, 6) is 0.770. The standard InChI is InChI=1S/C9H11BrN2/c1-2-3-4-5-9-11-6-8(10)7-12-9/h4-7H,2-3H2,1H3/b5-4+. The molecule has 1 rings (SSSR count). The van der Waals surface area contributed by atoms with Crippen LogP contribution < -0.4 is 0 Å². The van der Waals surface area contributed by atoms with Crippen LogP contribution in [-0.2, 0) is 0 Å². The Morgan fingerprint density at radius 3 is 2.67 bits per heavy atom. The van der Waals surface area contributed by atoms with E-state index in [1.807, 2.05) is 6.08 Å². The first-order valence-electron chi connectivity index (χ1n) is 3.97. The summed E-state index contributed by atoms with van der Waals surface area (Å²) in [7, 11) is 0. The Hall–Kier alpha value is -0.700. The first-order valence-corrected chi connectivity index (χ1v) is 4.76. The average Bonchev–Trinajstić information content (AvgIpc) is 2.09. The highest BCUT2D eigenvalue weighted by molar-refractivity contribution is 9.10. The predicted molar refractivity (Wildman–Crippen MR) is 53.7 cm³/mol. The van der Waals surface area contributed by atoms with Gasteiger partial charge >= 0.3 is 0 Å². The highest BCUT2D eigenvalue weighted by Gasteiger charge is 1.88. The summed E-state index contributed by atoms with van der Waals surface area (Å²) in [5.41, 5.74) is 0. The molecule has 3 heteroatoms. The van der Waals surface area contributed by atoms with E-state index < -0.39 is 0 Å². The van der Waals surface area contributed by atoms with Crippen molar-refractivity contribution in [3.05, 3.63) is 28.8 Å². The molecule has 64 valence electrons. The molecular formula is C9H11BrN2. The van der Waals surface area contributed by atoms with Crippen molar-refractivity contribution in [3.8, 4) is 0 Å². The van der Waals surface area contributed by atoms with E-state index in [1.54, 1.807) is 12.4 Å². The second-order valence-electron chi connectivity index (χ2n) is 2.45. The monoisotopic (exact) mass is 226 g/mol. The normalized spacial score (nSPS) is 10.8. The van der Waals surface area contributed by atoms with Crippen molar-refractivity contribution in [1.29, 1.82) is 0 Å². The molecule has 0 aliphatic carbocycles. The number of hydrogen-bond donors (Lipinski definition) is 0. The number of halogens is 1. The van der Waals surface area contributed by atoms with Gasteiger partial charge in [0.05, 0.1) is 4.47 Å². The lowest BCUT2D eigenvalue weighted by molar-refractivity contribution is 0.960. The van der Waals surface area contributed by atoms with Gasteiger partial charge in [-0.25, -0.2) is 9.97 Å². The number of hydrogen-bond acceptors (Lipinski definition) is 2. The lowest BCUT2D eigenvalue weighted by Crippen LogP contribution is -1.84. The van der Waals surface area contributed by atoms with Gasteiger partial charge in [-0.15, -0.1) is 0 Å². The van der Waals surface area contributed by atoms with E-state index in [0.717, 1.165) is 23.1 Å². The molecule has 12 heavy (non-hydrogen) atoms. The molecule has 0 fully saturated rings. The quantitative estimate of drug-likeness (QED) is 0.792. The number of aromatic nitrogens is 2. The van der Waals surface area contributed by atoms with Crippen LogP contribution in [0.2, 0.25) is 0 Å². The van der Waals surface area contributed by atoms with Gasteiger partial charge in [0.2, 0.25) is 0 Å². The molecule has 0 saturated carbocycles. The van der Waals surface area contributed by atoms with Crippen LogP contribution in [-0.4, -0.2) is 9.97 Å². The van der Waals surface area contributed by atoms with Gasteiger partial charge in [-0.3, -0.25) is 0 Å². The SMILES string of the molecule is CCC/C=C/c1ncc(Br)cn1. The highest BCUT2D eigenvalue weighted by atomic mass is 79.9. The Morgan fingerprint density at radius 2 is 2.08 bits per heavy atom. The van der Waals surface area contributed by atoms with Crippen LogP contribution >= 0.6 is 15.9 Å². The summed E-state index contributed by atoms with van der Waals surface area (Å²) < 4.78 is 0.912. The van der Waals surface area contributed by atoms with E-state index in [-0.39, 0.29) is 0 Å². The van der Waals surface area contributed by atoms with Gasteiger partial charge in [-0.05, 0) is 28.4 Å². The second-order valence-corrected chi connectivity index (χ2v) is 3.37. The minimum atomic E-state index is 0.770. The van der Waals surface area contributed by atoms with Gasteiger partial charge in [0, 0.05) is 12.4 Å². The number of allylic oxidation sites excluding steroid dienone is 1. The van der Waals surface area contributed by atoms with E-state index in [1.165, 1.54) is 0 Å². The predicted octanol–water partition coefficient (Wildman–Crippen LogP) is 3.05. The molecule has 0 aromatic carbocycles. The molecule has 0 aliphatic rings. The zero-order valence-electron chi connectivity index (χ0n) is 7.00. The first kappa shape index (κ1) is 9.39. The van der Waals surface area contributed by atoms with Crippen molar-refractivity contribution in [3.63, 3.8) is 0 Å². The summed E-state index contributed by atoms with van der Waals surface area (Å²) in [6.45, 7) is 2.15. The second kappa shape index (κ2) is 5.04. The molecule has 0 bridgehead atoms. The van der Waals surface area contributed by atoms with Gasteiger partial charge in [0.15, 0.2) is 5.82 Å². The molecule has 1 aromatic heterocycles. The fraction of sp³-hybridized carbons (Fsp3) is 0.333. The van der Waals surface area contributed by atoms with Gasteiger partial charge in [0.1, 0.15) is 0 Å². The Balaban J connectivity index is 2.58. The lowest BCUT2D eigenvalue weighted by Gasteiger charge is -1.91. The Kier molecular flexibility index (Phi) is 3.94. The van der Waals surface area contributed by atoms with Crippen LogP contribution in [0.15, 0.2) is 22.9 Å². The molecule has 0 N–H and O–H groups in total. The van der Waals surface area contributed by atoms with Crippen molar-refractivity contribution < 1.29 is 0 Å². The van der Waals surface area contributed by atoms with E-state index in [4.69, 9.17) is 0 Å². The molecule has 2 nitrogen and oxygen atoms in total. The highest BCUT2D eigenvalue weighted by Crippen LogP contribution is 2.05. The lowest BCUT2D eigenvalue weighted by atomic mass is 10.3. The van der Waals surface area contributed by atoms with E-state index in [9.17, 15) is 0 Å². The largest absolute Gasteiger partial charge is 0.236 e. The molecule has 0 aliphatic heterocycles. The van der Waals surface area contributed by atoms with Crippen molar-refractivity contribution in [2.24, 2.45) is 0 Å². The summed E-state index contributed by atoms with van der Waals surface area (Å²) in [6, 6.07) is 0. The maximum Gasteiger partial charge on any atom is 0.151 e. The van der Waals surface area contributed by atoms with Crippen molar-refractivity contribution in [1.82, 2.24) is 9.97 Å². The van der Waals surface area contributed by atoms with E-state index in [0.29, 0.717) is 0 Å². The van der Waals surface area contributed by atoms with Gasteiger partial charge < -0.3 is 0 Å². The van der Waals surface area contributed by atoms with Crippen LogP contribution in [0.3, 0.4) is 0 Å². The summed E-state index contributed by atoms with van der Waals surface area (Å²) in [5, 5.41) is 0. The van der Waals surface area contributed by atoms with Gasteiger partial charge in [0.25, 0.3) is 0 Å². The van der Waals surface area contributed by atoms with Crippen molar-refractivity contribution >= 4 is 22.0 Å². The first-order chi connectivity index (χ1) is 5.83. The average molecular weight is 227 g/mol. The topological polar surface area (TPSA) is 25.8 Å². The van der Waals surface area contributed by atoms with Gasteiger partial charge in [-0.2, -0.15) is 0 Å². The third kappa shape index (κ3) is 3.13. The molecule has 0 amide bonds. The van der Waals surface area contributed by atoms with Gasteiger partial charge in [-0.1, -0.05) is 19.4 Å². The van der Waals surface area contributed by atoms with Crippen LogP contribution in [0.1, 0.15) is 25.6 Å². The fourth-order valence-electron chi connectivity index (χ4n) is 0.764. The Bertz CT molecular complexity index is 254. The summed E-state index contributed by atoms with van der Waals surface area (Å²) >= 11 is 3.28. The third-order valence-electron chi connectivity index (χ3n) is 1.36. The molecule has 0 spiro atoms. The maximum absolute atomic E-state index is 4.11.